The Morgan fingerprint density at radius 3 is 2.67 bits per heavy atom. The van der Waals surface area contributed by atoms with Crippen LogP contribution in [0.2, 0.25) is 0 Å². The average Bonchev–Trinajstić information content (AvgIpc) is 2.47. The zero-order chi connectivity index (χ0) is 15.4. The molecule has 3 unspecified atom stereocenters. The Hall–Kier alpha value is -0.870. The predicted molar refractivity (Wildman–Crippen MR) is 88.3 cm³/mol. The maximum Gasteiger partial charge on any atom is 0.303 e. The van der Waals surface area contributed by atoms with Crippen LogP contribution in [-0.2, 0) is 4.79 Å². The number of piperidine rings is 1. The highest BCUT2D eigenvalue weighted by atomic mass is 79.9. The Bertz CT molecular complexity index is 474. The van der Waals surface area contributed by atoms with Crippen LogP contribution in [0.25, 0.3) is 0 Å². The minimum absolute atomic E-state index is 0.252. The first-order valence-corrected chi connectivity index (χ1v) is 8.48. The third-order valence-corrected chi connectivity index (χ3v) is 5.22. The molecule has 1 aromatic carbocycles. The summed E-state index contributed by atoms with van der Waals surface area (Å²) < 4.78 is 1.10. The van der Waals surface area contributed by atoms with Gasteiger partial charge in [-0.2, -0.15) is 0 Å². The molecular weight excluding hydrogens is 330 g/mol. The number of halogens is 1. The standard InChI is InChI=1S/C17H24BrNO2/c1-12(10-17(20)21)15-4-3-9-19(11-15)13(2)14-5-7-16(18)8-6-14/h5-8,12-13,15H,3-4,9-11H2,1-2H3,(H,20,21). The van der Waals surface area contributed by atoms with E-state index >= 15 is 0 Å². The van der Waals surface area contributed by atoms with Crippen LogP contribution in [0, 0.1) is 11.8 Å². The second kappa shape index (κ2) is 7.41. The molecule has 116 valence electrons. The van der Waals surface area contributed by atoms with Crippen LogP contribution in [0.4, 0.5) is 0 Å². The molecule has 0 amide bonds. The highest BCUT2D eigenvalue weighted by molar-refractivity contribution is 9.10. The number of likely N-dealkylation sites (tertiary alicyclic amines) is 1. The van der Waals surface area contributed by atoms with Crippen molar-refractivity contribution >= 4 is 21.9 Å². The van der Waals surface area contributed by atoms with E-state index in [1.165, 1.54) is 5.56 Å². The number of hydrogen-bond acceptors (Lipinski definition) is 2. The first kappa shape index (κ1) is 16.5. The van der Waals surface area contributed by atoms with Crippen LogP contribution in [-0.4, -0.2) is 29.1 Å². The summed E-state index contributed by atoms with van der Waals surface area (Å²) in [5.41, 5.74) is 1.32. The molecule has 0 aliphatic carbocycles. The zero-order valence-corrected chi connectivity index (χ0v) is 14.3. The SMILES string of the molecule is CC(CC(=O)O)C1CCCN(C(C)c2ccc(Br)cc2)C1. The van der Waals surface area contributed by atoms with Crippen molar-refractivity contribution in [1.82, 2.24) is 4.90 Å². The van der Waals surface area contributed by atoms with Gasteiger partial charge in [-0.3, -0.25) is 9.69 Å². The number of benzene rings is 1. The molecule has 2 rings (SSSR count). The van der Waals surface area contributed by atoms with Gasteiger partial charge in [0.1, 0.15) is 0 Å². The predicted octanol–water partition coefficient (Wildman–Crippen LogP) is 4.33. The molecule has 1 heterocycles. The van der Waals surface area contributed by atoms with Gasteiger partial charge in [0, 0.05) is 23.5 Å². The lowest BCUT2D eigenvalue weighted by Gasteiger charge is -2.39. The number of carboxylic acids is 1. The van der Waals surface area contributed by atoms with Gasteiger partial charge in [-0.25, -0.2) is 0 Å². The second-order valence-electron chi connectivity index (χ2n) is 6.20. The third-order valence-electron chi connectivity index (χ3n) is 4.69. The quantitative estimate of drug-likeness (QED) is 0.856. The summed E-state index contributed by atoms with van der Waals surface area (Å²) in [6, 6.07) is 8.89. The van der Waals surface area contributed by atoms with E-state index in [2.05, 4.69) is 58.9 Å². The molecule has 1 aliphatic heterocycles. The van der Waals surface area contributed by atoms with E-state index in [4.69, 9.17) is 5.11 Å². The summed E-state index contributed by atoms with van der Waals surface area (Å²) >= 11 is 3.47. The molecule has 1 aromatic rings. The fraction of sp³-hybridized carbons (Fsp3) is 0.588. The first-order valence-electron chi connectivity index (χ1n) is 7.68. The minimum Gasteiger partial charge on any atom is -0.481 e. The van der Waals surface area contributed by atoms with Crippen molar-refractivity contribution < 1.29 is 9.90 Å². The maximum absolute atomic E-state index is 10.9. The van der Waals surface area contributed by atoms with Gasteiger partial charge in [0.2, 0.25) is 0 Å². The lowest BCUT2D eigenvalue weighted by Crippen LogP contribution is -2.39. The molecule has 3 atom stereocenters. The number of aliphatic carboxylic acids is 1. The highest BCUT2D eigenvalue weighted by Gasteiger charge is 2.28. The van der Waals surface area contributed by atoms with Gasteiger partial charge in [-0.15, -0.1) is 0 Å². The Balaban J connectivity index is 1.99. The fourth-order valence-electron chi connectivity index (χ4n) is 3.25. The van der Waals surface area contributed by atoms with E-state index in [-0.39, 0.29) is 12.3 Å². The Morgan fingerprint density at radius 2 is 2.05 bits per heavy atom. The summed E-state index contributed by atoms with van der Waals surface area (Å²) in [6.45, 7) is 6.43. The molecule has 1 aliphatic rings. The van der Waals surface area contributed by atoms with E-state index in [0.29, 0.717) is 12.0 Å². The van der Waals surface area contributed by atoms with Gasteiger partial charge in [-0.1, -0.05) is 35.0 Å². The highest BCUT2D eigenvalue weighted by Crippen LogP contribution is 2.31. The molecule has 1 fully saturated rings. The van der Waals surface area contributed by atoms with Crippen molar-refractivity contribution in [2.75, 3.05) is 13.1 Å². The summed E-state index contributed by atoms with van der Waals surface area (Å²) in [5.74, 6) is 0.0655. The lowest BCUT2D eigenvalue weighted by molar-refractivity contribution is -0.138. The van der Waals surface area contributed by atoms with Crippen LogP contribution >= 0.6 is 15.9 Å². The summed E-state index contributed by atoms with van der Waals surface area (Å²) in [5, 5.41) is 8.98. The van der Waals surface area contributed by atoms with Crippen molar-refractivity contribution in [2.24, 2.45) is 11.8 Å². The van der Waals surface area contributed by atoms with Crippen molar-refractivity contribution in [2.45, 2.75) is 39.2 Å². The number of carboxylic acid groups (broad SMARTS) is 1. The molecule has 1 saturated heterocycles. The molecular formula is C17H24BrNO2. The molecule has 0 spiro atoms. The van der Waals surface area contributed by atoms with Gasteiger partial charge in [-0.05, 0) is 55.8 Å². The maximum atomic E-state index is 10.9. The lowest BCUT2D eigenvalue weighted by atomic mass is 9.84. The van der Waals surface area contributed by atoms with Gasteiger partial charge in [0.05, 0.1) is 0 Å². The van der Waals surface area contributed by atoms with Crippen LogP contribution in [0.3, 0.4) is 0 Å². The summed E-state index contributed by atoms with van der Waals surface area (Å²) in [7, 11) is 0. The van der Waals surface area contributed by atoms with Gasteiger partial charge < -0.3 is 5.11 Å². The van der Waals surface area contributed by atoms with Crippen LogP contribution in [0.1, 0.15) is 44.7 Å². The van der Waals surface area contributed by atoms with E-state index in [0.717, 1.165) is 30.4 Å². The topological polar surface area (TPSA) is 40.5 Å². The second-order valence-corrected chi connectivity index (χ2v) is 7.12. The monoisotopic (exact) mass is 353 g/mol. The summed E-state index contributed by atoms with van der Waals surface area (Å²) in [6.07, 6.45) is 2.60. The van der Waals surface area contributed by atoms with Crippen LogP contribution in [0.5, 0.6) is 0 Å². The van der Waals surface area contributed by atoms with Gasteiger partial charge >= 0.3 is 5.97 Å². The third kappa shape index (κ3) is 4.55. The largest absolute Gasteiger partial charge is 0.481 e. The molecule has 4 heteroatoms. The Kier molecular flexibility index (Phi) is 5.82. The molecule has 0 radical (unpaired) electrons. The Morgan fingerprint density at radius 1 is 1.38 bits per heavy atom. The normalized spacial score (nSPS) is 22.7. The Labute approximate surface area is 135 Å². The van der Waals surface area contributed by atoms with E-state index in [1.807, 2.05) is 0 Å². The van der Waals surface area contributed by atoms with Crippen LogP contribution in [0.15, 0.2) is 28.7 Å². The molecule has 1 N–H and O–H groups in total. The smallest absolute Gasteiger partial charge is 0.303 e. The molecule has 0 saturated carbocycles. The zero-order valence-electron chi connectivity index (χ0n) is 12.8. The van der Waals surface area contributed by atoms with E-state index < -0.39 is 5.97 Å². The van der Waals surface area contributed by atoms with Crippen molar-refractivity contribution in [3.63, 3.8) is 0 Å². The average molecular weight is 354 g/mol. The number of rotatable bonds is 5. The summed E-state index contributed by atoms with van der Waals surface area (Å²) in [4.78, 5) is 13.4. The molecule has 21 heavy (non-hydrogen) atoms. The fourth-order valence-corrected chi connectivity index (χ4v) is 3.52. The van der Waals surface area contributed by atoms with Crippen LogP contribution < -0.4 is 0 Å². The van der Waals surface area contributed by atoms with Gasteiger partial charge in [0.15, 0.2) is 0 Å². The molecule has 0 aromatic heterocycles. The number of carbonyl (C=O) groups is 1. The van der Waals surface area contributed by atoms with E-state index in [1.54, 1.807) is 0 Å². The molecule has 0 bridgehead atoms. The van der Waals surface area contributed by atoms with Crippen molar-refractivity contribution in [3.8, 4) is 0 Å². The number of nitrogens with zero attached hydrogens (tertiary/aromatic N) is 1. The minimum atomic E-state index is -0.680. The first-order chi connectivity index (χ1) is 9.97. The number of hydrogen-bond donors (Lipinski definition) is 1. The van der Waals surface area contributed by atoms with Crippen molar-refractivity contribution in [3.05, 3.63) is 34.3 Å². The van der Waals surface area contributed by atoms with Gasteiger partial charge in [0.25, 0.3) is 0 Å². The molecule has 3 nitrogen and oxygen atoms in total. The van der Waals surface area contributed by atoms with E-state index in [9.17, 15) is 4.79 Å². The van der Waals surface area contributed by atoms with Crippen molar-refractivity contribution in [1.29, 1.82) is 0 Å².